The molecule has 1 aromatic heterocycles. The predicted octanol–water partition coefficient (Wildman–Crippen LogP) is 3.61. The van der Waals surface area contributed by atoms with Gasteiger partial charge in [-0.25, -0.2) is 9.94 Å². The van der Waals surface area contributed by atoms with Crippen LogP contribution in [-0.2, 0) is 6.54 Å². The van der Waals surface area contributed by atoms with E-state index in [-0.39, 0.29) is 39.8 Å². The van der Waals surface area contributed by atoms with Gasteiger partial charge in [0, 0.05) is 41.3 Å². The first-order valence-electron chi connectivity index (χ1n) is 9.11. The quantitative estimate of drug-likeness (QED) is 0.384. The first kappa shape index (κ1) is 22.9. The van der Waals surface area contributed by atoms with Gasteiger partial charge in [-0.1, -0.05) is 17.7 Å². The van der Waals surface area contributed by atoms with Crippen LogP contribution in [0.15, 0.2) is 46.3 Å². The molecule has 1 heterocycles. The highest BCUT2D eigenvalue weighted by Crippen LogP contribution is 2.38. The molecule has 8 nitrogen and oxygen atoms in total. The fourth-order valence-corrected chi connectivity index (χ4v) is 3.50. The third-order valence-electron chi connectivity index (χ3n) is 4.64. The van der Waals surface area contributed by atoms with Crippen LogP contribution in [-0.4, -0.2) is 29.6 Å². The van der Waals surface area contributed by atoms with E-state index in [9.17, 15) is 13.6 Å². The van der Waals surface area contributed by atoms with Crippen LogP contribution >= 0.6 is 11.6 Å². The van der Waals surface area contributed by atoms with E-state index in [0.717, 1.165) is 6.07 Å². The van der Waals surface area contributed by atoms with Crippen LogP contribution in [0.4, 0.5) is 14.5 Å². The molecule has 0 aliphatic rings. The van der Waals surface area contributed by atoms with Crippen molar-refractivity contribution in [2.75, 3.05) is 7.05 Å². The molecule has 164 valence electrons. The highest BCUT2D eigenvalue weighted by molar-refractivity contribution is 6.36. The van der Waals surface area contributed by atoms with Gasteiger partial charge in [-0.2, -0.15) is 13.9 Å². The van der Waals surface area contributed by atoms with Gasteiger partial charge in [-0.15, -0.1) is 0 Å². The van der Waals surface area contributed by atoms with Gasteiger partial charge in [0.2, 0.25) is 5.69 Å². The minimum absolute atomic E-state index is 0.0697. The number of nitrogens with zero attached hydrogens (tertiary/aromatic N) is 3. The molecule has 0 saturated heterocycles. The van der Waals surface area contributed by atoms with E-state index in [4.69, 9.17) is 29.6 Å². The Hall–Kier alpha value is -3.81. The van der Waals surface area contributed by atoms with Crippen LogP contribution in [0.2, 0.25) is 5.02 Å². The van der Waals surface area contributed by atoms with Crippen molar-refractivity contribution in [3.05, 3.63) is 80.1 Å². The molecule has 2 aromatic carbocycles. The molecule has 0 bridgehead atoms. The van der Waals surface area contributed by atoms with Crippen molar-refractivity contribution in [1.29, 1.82) is 0 Å². The Labute approximate surface area is 186 Å². The second-order valence-corrected chi connectivity index (χ2v) is 6.84. The number of allylic oxidation sites excluding steroid dienone is 1. The number of ether oxygens (including phenoxy) is 1. The van der Waals surface area contributed by atoms with Crippen molar-refractivity contribution in [3.63, 3.8) is 0 Å². The number of benzene rings is 2. The number of H-pyrrole nitrogens is 1. The molecule has 0 fully saturated rings. The molecule has 0 amide bonds. The first-order valence-corrected chi connectivity index (χ1v) is 9.49. The number of rotatable bonds is 6. The van der Waals surface area contributed by atoms with Gasteiger partial charge >= 0.3 is 6.61 Å². The number of nitrogens with one attached hydrogen (secondary N) is 1. The van der Waals surface area contributed by atoms with Crippen LogP contribution in [0.25, 0.3) is 21.2 Å². The molecule has 3 aromatic rings. The van der Waals surface area contributed by atoms with Crippen molar-refractivity contribution < 1.29 is 13.5 Å². The zero-order chi connectivity index (χ0) is 23.4. The summed E-state index contributed by atoms with van der Waals surface area (Å²) in [4.78, 5) is 19.7. The summed E-state index contributed by atoms with van der Waals surface area (Å²) in [5, 5.41) is 7.32. The molecule has 0 saturated carbocycles. The van der Waals surface area contributed by atoms with E-state index in [1.807, 2.05) is 0 Å². The Bertz CT molecular complexity index is 1340. The minimum atomic E-state index is -3.14. The number of fused-ring (bicyclic) bond motifs is 1. The Kier molecular flexibility index (Phi) is 6.82. The second-order valence-electron chi connectivity index (χ2n) is 6.41. The highest BCUT2D eigenvalue weighted by atomic mass is 35.5. The van der Waals surface area contributed by atoms with E-state index < -0.39 is 6.61 Å². The van der Waals surface area contributed by atoms with Crippen LogP contribution < -0.4 is 21.8 Å². The van der Waals surface area contributed by atoms with E-state index in [1.54, 1.807) is 18.2 Å². The number of hydrogen-bond acceptors (Lipinski definition) is 6. The molecule has 11 heteroatoms. The number of aliphatic imine (C=N–C) groups is 1. The van der Waals surface area contributed by atoms with E-state index in [1.165, 1.54) is 19.3 Å². The molecule has 5 N–H and O–H groups in total. The average molecular weight is 459 g/mol. The number of nitrogens with two attached hydrogens (primary N) is 2. The summed E-state index contributed by atoms with van der Waals surface area (Å²) in [6, 6.07) is 7.44. The lowest BCUT2D eigenvalue weighted by Crippen LogP contribution is -2.14. The molecule has 0 unspecified atom stereocenters. The molecule has 0 aliphatic carbocycles. The normalized spacial score (nSPS) is 12.3. The largest absolute Gasteiger partial charge is 0.447 e. The average Bonchev–Trinajstić information content (AvgIpc) is 2.76. The van der Waals surface area contributed by atoms with E-state index in [0.29, 0.717) is 27.6 Å². The Morgan fingerprint density at radius 3 is 2.72 bits per heavy atom. The maximum absolute atomic E-state index is 12.9. The number of alkyl halides is 2. The van der Waals surface area contributed by atoms with Gasteiger partial charge < -0.3 is 16.2 Å². The fraction of sp³-hybridized carbons (Fsp3) is 0.143. The third-order valence-corrected chi connectivity index (χ3v) is 4.86. The van der Waals surface area contributed by atoms with Crippen LogP contribution in [0.1, 0.15) is 16.8 Å². The fourth-order valence-electron chi connectivity index (χ4n) is 3.30. The lowest BCUT2D eigenvalue weighted by atomic mass is 9.93. The first-order chi connectivity index (χ1) is 15.3. The number of halogens is 3. The van der Waals surface area contributed by atoms with Crippen molar-refractivity contribution in [3.8, 4) is 5.75 Å². The van der Waals surface area contributed by atoms with Crippen molar-refractivity contribution >= 4 is 39.3 Å². The van der Waals surface area contributed by atoms with Crippen LogP contribution in [0.5, 0.6) is 5.75 Å². The summed E-state index contributed by atoms with van der Waals surface area (Å²) in [6.45, 7) is 4.42. The lowest BCUT2D eigenvalue weighted by molar-refractivity contribution is -0.0492. The number of aromatic nitrogens is 2. The van der Waals surface area contributed by atoms with Gasteiger partial charge in [-0.05, 0) is 29.8 Å². The molecule has 0 radical (unpaired) electrons. The SMILES string of the molecule is [C-]#[N+]c1c(OC(F)F)cc(Cl)cc1C(=NC)/C(=C\N)c1ccc2c(=O)[nH]nc(CN)c2c1. The van der Waals surface area contributed by atoms with Gasteiger partial charge in [0.25, 0.3) is 5.56 Å². The summed E-state index contributed by atoms with van der Waals surface area (Å²) in [5.41, 5.74) is 12.8. The standard InChI is InChI=1S/C21H17ClF2N6O2/c1-27-18(14-6-11(22)7-17(19(14)28-2)32-21(23)24)15(8-25)10-3-4-12-13(5-10)16(9-26)29-30-20(12)31/h3-8,21H,9,25-26H2,1H3,(H,30,31)/b15-8-,27-18?. The molecule has 32 heavy (non-hydrogen) atoms. The minimum Gasteiger partial charge on any atom is -0.447 e. The summed E-state index contributed by atoms with van der Waals surface area (Å²) in [5.74, 6) is -0.380. The summed E-state index contributed by atoms with van der Waals surface area (Å²) in [7, 11) is 1.46. The number of hydrogen-bond donors (Lipinski definition) is 3. The van der Waals surface area contributed by atoms with Crippen molar-refractivity contribution in [2.45, 2.75) is 13.2 Å². The third kappa shape index (κ3) is 4.30. The molecule has 0 spiro atoms. The zero-order valence-electron chi connectivity index (χ0n) is 16.7. The molecular formula is C21H17ClF2N6O2. The zero-order valence-corrected chi connectivity index (χ0v) is 17.5. The van der Waals surface area contributed by atoms with Crippen LogP contribution in [0, 0.1) is 6.57 Å². The Morgan fingerprint density at radius 1 is 1.38 bits per heavy atom. The topological polar surface area (TPSA) is 124 Å². The van der Waals surface area contributed by atoms with Crippen molar-refractivity contribution in [2.24, 2.45) is 16.5 Å². The Balaban J connectivity index is 2.23. The summed E-state index contributed by atoms with van der Waals surface area (Å²) >= 11 is 6.10. The van der Waals surface area contributed by atoms with Gasteiger partial charge in [0.05, 0.1) is 23.4 Å². The second kappa shape index (κ2) is 9.55. The van der Waals surface area contributed by atoms with E-state index in [2.05, 4.69) is 24.8 Å². The van der Waals surface area contributed by atoms with Crippen LogP contribution in [0.3, 0.4) is 0 Å². The predicted molar refractivity (Wildman–Crippen MR) is 119 cm³/mol. The van der Waals surface area contributed by atoms with Gasteiger partial charge in [0.15, 0.2) is 0 Å². The maximum Gasteiger partial charge on any atom is 0.386 e. The van der Waals surface area contributed by atoms with Gasteiger partial charge in [0.1, 0.15) is 5.75 Å². The molecule has 3 rings (SSSR count). The lowest BCUT2D eigenvalue weighted by Gasteiger charge is -2.16. The summed E-state index contributed by atoms with van der Waals surface area (Å²) in [6.07, 6.45) is 1.26. The molecule has 0 aliphatic heterocycles. The summed E-state index contributed by atoms with van der Waals surface area (Å²) < 4.78 is 30.2. The highest BCUT2D eigenvalue weighted by Gasteiger charge is 2.22. The molecule has 0 atom stereocenters. The maximum atomic E-state index is 12.9. The van der Waals surface area contributed by atoms with Gasteiger partial charge in [-0.3, -0.25) is 9.79 Å². The van der Waals surface area contributed by atoms with E-state index >= 15 is 0 Å². The smallest absolute Gasteiger partial charge is 0.386 e. The molecular weight excluding hydrogens is 442 g/mol. The monoisotopic (exact) mass is 458 g/mol. The number of aromatic amines is 1. The van der Waals surface area contributed by atoms with Crippen molar-refractivity contribution in [1.82, 2.24) is 10.2 Å². The Morgan fingerprint density at radius 2 is 2.12 bits per heavy atom.